The summed E-state index contributed by atoms with van der Waals surface area (Å²) in [6.45, 7) is 5.75. The van der Waals surface area contributed by atoms with Crippen LogP contribution in [-0.2, 0) is 11.3 Å². The molecule has 0 unspecified atom stereocenters. The van der Waals surface area contributed by atoms with Crippen LogP contribution in [0.25, 0.3) is 0 Å². The molecule has 7 nitrogen and oxygen atoms in total. The Morgan fingerprint density at radius 2 is 2.04 bits per heavy atom. The molecule has 2 atom stereocenters. The third-order valence-electron chi connectivity index (χ3n) is 4.49. The van der Waals surface area contributed by atoms with Crippen molar-refractivity contribution in [2.24, 2.45) is 5.92 Å². The predicted octanol–water partition coefficient (Wildman–Crippen LogP) is 2.93. The number of rotatable bonds is 7. The van der Waals surface area contributed by atoms with Crippen LogP contribution in [0.15, 0.2) is 28.8 Å². The van der Waals surface area contributed by atoms with E-state index in [0.29, 0.717) is 29.9 Å². The van der Waals surface area contributed by atoms with E-state index in [1.165, 1.54) is 0 Å². The van der Waals surface area contributed by atoms with Crippen molar-refractivity contribution in [1.82, 2.24) is 15.5 Å². The molecule has 0 radical (unpaired) electrons. The van der Waals surface area contributed by atoms with Gasteiger partial charge in [0.05, 0.1) is 6.04 Å². The summed E-state index contributed by atoms with van der Waals surface area (Å²) >= 11 is 0. The lowest BCUT2D eigenvalue weighted by Gasteiger charge is -2.28. The fraction of sp³-hybridized carbons (Fsp3) is 0.526. The van der Waals surface area contributed by atoms with Crippen LogP contribution in [0.2, 0.25) is 0 Å². The highest BCUT2D eigenvalue weighted by atomic mass is 16.5. The number of hydrogen-bond donors (Lipinski definition) is 1. The molecular weight excluding hydrogens is 332 g/mol. The van der Waals surface area contributed by atoms with Crippen LogP contribution < -0.4 is 10.1 Å². The van der Waals surface area contributed by atoms with Crippen molar-refractivity contribution in [1.29, 1.82) is 5.26 Å². The topological polar surface area (TPSA) is 93.2 Å². The van der Waals surface area contributed by atoms with E-state index in [-0.39, 0.29) is 6.04 Å². The summed E-state index contributed by atoms with van der Waals surface area (Å²) in [5.41, 5.74) is 1.12. The van der Waals surface area contributed by atoms with Gasteiger partial charge in [0.15, 0.2) is 11.9 Å². The third-order valence-corrected chi connectivity index (χ3v) is 4.49. The van der Waals surface area contributed by atoms with Gasteiger partial charge in [-0.05, 0) is 50.3 Å². The van der Waals surface area contributed by atoms with E-state index in [4.69, 9.17) is 19.3 Å². The smallest absolute Gasteiger partial charge is 0.244 e. The van der Waals surface area contributed by atoms with Crippen LogP contribution in [0.4, 0.5) is 0 Å². The highest BCUT2D eigenvalue weighted by Gasteiger charge is 2.29. The van der Waals surface area contributed by atoms with Crippen molar-refractivity contribution in [2.45, 2.75) is 45.4 Å². The molecular formula is C19H24N4O3. The predicted molar refractivity (Wildman–Crippen MR) is 94.3 cm³/mol. The van der Waals surface area contributed by atoms with Gasteiger partial charge in [-0.25, -0.2) is 0 Å². The fourth-order valence-corrected chi connectivity index (χ4v) is 3.09. The molecule has 138 valence electrons. The summed E-state index contributed by atoms with van der Waals surface area (Å²) in [6, 6.07) is 9.81. The Morgan fingerprint density at radius 3 is 2.65 bits per heavy atom. The molecule has 1 aromatic heterocycles. The van der Waals surface area contributed by atoms with Gasteiger partial charge in [0, 0.05) is 19.8 Å². The molecule has 1 aromatic carbocycles. The zero-order valence-electron chi connectivity index (χ0n) is 15.1. The highest BCUT2D eigenvalue weighted by molar-refractivity contribution is 5.27. The zero-order valence-corrected chi connectivity index (χ0v) is 15.1. The van der Waals surface area contributed by atoms with Gasteiger partial charge in [-0.2, -0.15) is 10.2 Å². The van der Waals surface area contributed by atoms with E-state index in [1.807, 2.05) is 31.2 Å². The Kier molecular flexibility index (Phi) is 6.21. The Labute approximate surface area is 153 Å². The lowest BCUT2D eigenvalue weighted by atomic mass is 9.91. The molecule has 1 aliphatic rings. The quantitative estimate of drug-likeness (QED) is 0.815. The van der Waals surface area contributed by atoms with Gasteiger partial charge >= 0.3 is 0 Å². The number of aromatic nitrogens is 2. The minimum absolute atomic E-state index is 0.00892. The van der Waals surface area contributed by atoms with Crippen LogP contribution in [0.1, 0.15) is 43.1 Å². The average Bonchev–Trinajstić information content (AvgIpc) is 3.10. The first-order valence-electron chi connectivity index (χ1n) is 8.92. The molecule has 26 heavy (non-hydrogen) atoms. The molecule has 0 amide bonds. The van der Waals surface area contributed by atoms with Gasteiger partial charge in [-0.1, -0.05) is 17.3 Å². The van der Waals surface area contributed by atoms with Crippen molar-refractivity contribution in [3.63, 3.8) is 0 Å². The molecule has 1 N–H and O–H groups in total. The van der Waals surface area contributed by atoms with Crippen LogP contribution >= 0.6 is 0 Å². The number of ether oxygens (including phenoxy) is 2. The summed E-state index contributed by atoms with van der Waals surface area (Å²) < 4.78 is 16.4. The Balaban J connectivity index is 1.64. The summed E-state index contributed by atoms with van der Waals surface area (Å²) in [5.74, 6) is 2.38. The normalized spacial score (nSPS) is 17.4. The molecule has 1 aliphatic heterocycles. The molecule has 1 saturated heterocycles. The molecule has 0 aliphatic carbocycles. The second-order valence-electron chi connectivity index (χ2n) is 6.52. The largest absolute Gasteiger partial charge is 0.476 e. The van der Waals surface area contributed by atoms with Gasteiger partial charge < -0.3 is 19.3 Å². The number of nitriles is 1. The lowest BCUT2D eigenvalue weighted by Crippen LogP contribution is -2.32. The van der Waals surface area contributed by atoms with Crippen molar-refractivity contribution in [3.8, 4) is 11.8 Å². The fourth-order valence-electron chi connectivity index (χ4n) is 3.09. The lowest BCUT2D eigenvalue weighted by molar-refractivity contribution is 0.0485. The van der Waals surface area contributed by atoms with E-state index in [9.17, 15) is 0 Å². The summed E-state index contributed by atoms with van der Waals surface area (Å²) in [7, 11) is 0. The van der Waals surface area contributed by atoms with E-state index in [1.54, 1.807) is 6.92 Å². The van der Waals surface area contributed by atoms with Crippen LogP contribution in [0.5, 0.6) is 5.75 Å². The maximum Gasteiger partial charge on any atom is 0.244 e. The van der Waals surface area contributed by atoms with Gasteiger partial charge in [0.25, 0.3) is 0 Å². The molecule has 3 rings (SSSR count). The van der Waals surface area contributed by atoms with E-state index in [2.05, 4.69) is 21.5 Å². The van der Waals surface area contributed by atoms with E-state index >= 15 is 0 Å². The maximum absolute atomic E-state index is 8.82. The minimum atomic E-state index is -0.461. The van der Waals surface area contributed by atoms with Crippen molar-refractivity contribution in [3.05, 3.63) is 41.5 Å². The average molecular weight is 356 g/mol. The molecule has 2 heterocycles. The number of benzene rings is 1. The summed E-state index contributed by atoms with van der Waals surface area (Å²) in [5, 5.41) is 16.3. The van der Waals surface area contributed by atoms with Crippen molar-refractivity contribution in [2.75, 3.05) is 13.2 Å². The van der Waals surface area contributed by atoms with Gasteiger partial charge in [-0.15, -0.1) is 0 Å². The molecule has 0 bridgehead atoms. The molecule has 2 aromatic rings. The number of nitrogens with zero attached hydrogens (tertiary/aromatic N) is 3. The number of aryl methyl sites for hydroxylation is 1. The van der Waals surface area contributed by atoms with Gasteiger partial charge in [0.2, 0.25) is 5.89 Å². The van der Waals surface area contributed by atoms with Crippen molar-refractivity contribution >= 4 is 0 Å². The SMILES string of the molecule is Cc1noc([C@H](NCc2ccc(O[C@@H](C)C#N)cc2)C2CCOCC2)n1. The second kappa shape index (κ2) is 8.79. The van der Waals surface area contributed by atoms with Gasteiger partial charge in [-0.3, -0.25) is 0 Å². The molecule has 7 heteroatoms. The molecule has 0 saturated carbocycles. The van der Waals surface area contributed by atoms with Crippen LogP contribution in [0.3, 0.4) is 0 Å². The Bertz CT molecular complexity index is 732. The zero-order chi connectivity index (χ0) is 18.4. The van der Waals surface area contributed by atoms with Crippen LogP contribution in [0, 0.1) is 24.2 Å². The van der Waals surface area contributed by atoms with Crippen LogP contribution in [-0.4, -0.2) is 29.5 Å². The minimum Gasteiger partial charge on any atom is -0.476 e. The van der Waals surface area contributed by atoms with Crippen molar-refractivity contribution < 1.29 is 14.0 Å². The van der Waals surface area contributed by atoms with E-state index < -0.39 is 6.10 Å². The summed E-state index contributed by atoms with van der Waals surface area (Å²) in [6.07, 6.45) is 1.48. The van der Waals surface area contributed by atoms with E-state index in [0.717, 1.165) is 31.6 Å². The van der Waals surface area contributed by atoms with Gasteiger partial charge in [0.1, 0.15) is 11.8 Å². The first-order chi connectivity index (χ1) is 12.7. The standard InChI is InChI=1S/C19H24N4O3/c1-13(11-20)25-17-5-3-15(4-6-17)12-21-18(16-7-9-24-10-8-16)19-22-14(2)23-26-19/h3-6,13,16,18,21H,7-10,12H2,1-2H3/t13-,18+/m0/s1. The number of nitrogens with one attached hydrogen (secondary N) is 1. The Hall–Kier alpha value is -2.43. The first-order valence-corrected chi connectivity index (χ1v) is 8.92. The Morgan fingerprint density at radius 1 is 1.31 bits per heavy atom. The first kappa shape index (κ1) is 18.4. The second-order valence-corrected chi connectivity index (χ2v) is 6.52. The highest BCUT2D eigenvalue weighted by Crippen LogP contribution is 2.29. The third kappa shape index (κ3) is 4.81. The monoisotopic (exact) mass is 356 g/mol. The number of hydrogen-bond acceptors (Lipinski definition) is 7. The molecule has 0 spiro atoms. The molecule has 1 fully saturated rings. The summed E-state index contributed by atoms with van der Waals surface area (Å²) in [4.78, 5) is 4.42. The maximum atomic E-state index is 8.82.